The molecule has 0 saturated carbocycles. The highest BCUT2D eigenvalue weighted by atomic mass is 16.3. The zero-order chi connectivity index (χ0) is 12.7. The Morgan fingerprint density at radius 3 is 3.11 bits per heavy atom. The van der Waals surface area contributed by atoms with Crippen molar-refractivity contribution in [3.05, 3.63) is 18.1 Å². The number of nitrogens with two attached hydrogens (primary N) is 1. The predicted molar refractivity (Wildman–Crippen MR) is 65.7 cm³/mol. The average Bonchev–Trinajstić information content (AvgIpc) is 2.93. The van der Waals surface area contributed by atoms with Crippen LogP contribution in [-0.2, 0) is 0 Å². The first-order valence-electron chi connectivity index (χ1n) is 6.01. The number of aliphatic hydroxyl groups excluding tert-OH is 1. The van der Waals surface area contributed by atoms with E-state index in [1.807, 2.05) is 0 Å². The van der Waals surface area contributed by atoms with Crippen LogP contribution in [0.15, 0.2) is 12.5 Å². The number of aromatic nitrogens is 4. The molecule has 3 heterocycles. The predicted octanol–water partition coefficient (Wildman–Crippen LogP) is -0.262. The minimum absolute atomic E-state index is 0.138. The van der Waals surface area contributed by atoms with Gasteiger partial charge in [-0.15, -0.1) is 0 Å². The normalized spacial score (nSPS) is 28.0. The molecule has 96 valence electrons. The molecule has 0 bridgehead atoms. The highest BCUT2D eigenvalue weighted by Crippen LogP contribution is 2.33. The highest BCUT2D eigenvalue weighted by molar-refractivity contribution is 5.51. The van der Waals surface area contributed by atoms with Gasteiger partial charge < -0.3 is 16.2 Å². The van der Waals surface area contributed by atoms with Crippen LogP contribution in [0.4, 0.5) is 5.95 Å². The van der Waals surface area contributed by atoms with E-state index in [2.05, 4.69) is 27.3 Å². The van der Waals surface area contributed by atoms with Crippen LogP contribution in [-0.4, -0.2) is 37.3 Å². The third-order valence-corrected chi connectivity index (χ3v) is 3.55. The third kappa shape index (κ3) is 1.63. The van der Waals surface area contributed by atoms with Crippen molar-refractivity contribution in [1.29, 1.82) is 0 Å². The number of nitrogens with one attached hydrogen (secondary N) is 1. The van der Waals surface area contributed by atoms with Gasteiger partial charge in [0.2, 0.25) is 5.95 Å². The van der Waals surface area contributed by atoms with E-state index in [0.717, 1.165) is 17.6 Å². The summed E-state index contributed by atoms with van der Waals surface area (Å²) in [6.07, 6.45) is 4.16. The molecule has 0 spiro atoms. The Bertz CT molecular complexity index is 568. The van der Waals surface area contributed by atoms with Crippen molar-refractivity contribution in [3.63, 3.8) is 0 Å². The van der Waals surface area contributed by atoms with Crippen LogP contribution in [0.25, 0.3) is 5.65 Å². The maximum absolute atomic E-state index is 9.23. The lowest BCUT2D eigenvalue weighted by Gasteiger charge is -2.14. The molecule has 0 radical (unpaired) electrons. The number of aliphatic hydroxyl groups is 1. The third-order valence-electron chi connectivity index (χ3n) is 3.55. The first kappa shape index (κ1) is 11.4. The number of hydrogen-bond donors (Lipinski definition) is 3. The molecule has 0 unspecified atom stereocenters. The highest BCUT2D eigenvalue weighted by Gasteiger charge is 2.33. The molecule has 18 heavy (non-hydrogen) atoms. The monoisotopic (exact) mass is 248 g/mol. The van der Waals surface area contributed by atoms with Gasteiger partial charge in [-0.05, 0) is 12.3 Å². The number of rotatable bonds is 2. The van der Waals surface area contributed by atoms with E-state index < -0.39 is 0 Å². The van der Waals surface area contributed by atoms with Gasteiger partial charge in [-0.25, -0.2) is 9.97 Å². The molecule has 0 amide bonds. The Morgan fingerprint density at radius 1 is 1.56 bits per heavy atom. The van der Waals surface area contributed by atoms with Crippen LogP contribution >= 0.6 is 0 Å². The van der Waals surface area contributed by atoms with E-state index in [4.69, 9.17) is 5.73 Å². The smallest absolute Gasteiger partial charge is 0.224 e. The average molecular weight is 248 g/mol. The van der Waals surface area contributed by atoms with E-state index in [0.29, 0.717) is 11.9 Å². The van der Waals surface area contributed by atoms with Crippen LogP contribution in [0.2, 0.25) is 0 Å². The molecule has 3 rings (SSSR count). The molecule has 2 aromatic rings. The van der Waals surface area contributed by atoms with Crippen LogP contribution in [0.5, 0.6) is 0 Å². The van der Waals surface area contributed by atoms with Crippen LogP contribution in [0, 0.1) is 5.92 Å². The summed E-state index contributed by atoms with van der Waals surface area (Å²) >= 11 is 0. The number of nitrogens with zero attached hydrogens (tertiary/aromatic N) is 4. The fraction of sp³-hybridized carbons (Fsp3) is 0.545. The molecular formula is C11H16N6O. The maximum Gasteiger partial charge on any atom is 0.224 e. The van der Waals surface area contributed by atoms with Crippen LogP contribution < -0.4 is 11.1 Å². The van der Waals surface area contributed by atoms with E-state index in [-0.39, 0.29) is 18.7 Å². The zero-order valence-corrected chi connectivity index (χ0v) is 10.1. The molecule has 4 N–H and O–H groups in total. The lowest BCUT2D eigenvalue weighted by Crippen LogP contribution is -2.27. The second kappa shape index (κ2) is 4.18. The number of anilines is 1. The molecule has 1 aliphatic heterocycles. The summed E-state index contributed by atoms with van der Waals surface area (Å²) in [5.74, 6) is 0.752. The van der Waals surface area contributed by atoms with Crippen molar-refractivity contribution >= 4 is 11.6 Å². The van der Waals surface area contributed by atoms with Crippen molar-refractivity contribution in [2.24, 2.45) is 5.92 Å². The maximum atomic E-state index is 9.23. The summed E-state index contributed by atoms with van der Waals surface area (Å²) in [6.45, 7) is 2.30. The Labute approximate surface area is 104 Å². The van der Waals surface area contributed by atoms with E-state index in [1.54, 1.807) is 6.20 Å². The van der Waals surface area contributed by atoms with Gasteiger partial charge in [0.25, 0.3) is 0 Å². The van der Waals surface area contributed by atoms with Crippen molar-refractivity contribution in [1.82, 2.24) is 24.9 Å². The van der Waals surface area contributed by atoms with Crippen LogP contribution in [0.3, 0.4) is 0 Å². The van der Waals surface area contributed by atoms with Gasteiger partial charge in [0, 0.05) is 17.6 Å². The minimum atomic E-state index is 0.138. The first-order chi connectivity index (χ1) is 8.70. The lowest BCUT2D eigenvalue weighted by atomic mass is 9.97. The van der Waals surface area contributed by atoms with Gasteiger partial charge >= 0.3 is 0 Å². The molecule has 1 saturated heterocycles. The molecule has 0 aliphatic carbocycles. The van der Waals surface area contributed by atoms with Gasteiger partial charge in [-0.2, -0.15) is 9.61 Å². The molecule has 1 fully saturated rings. The van der Waals surface area contributed by atoms with Gasteiger partial charge in [-0.3, -0.25) is 0 Å². The Balaban J connectivity index is 2.02. The summed E-state index contributed by atoms with van der Waals surface area (Å²) in [6, 6.07) is 0.285. The van der Waals surface area contributed by atoms with E-state index in [9.17, 15) is 5.11 Å². The fourth-order valence-corrected chi connectivity index (χ4v) is 2.66. The molecule has 7 nitrogen and oxygen atoms in total. The topological polar surface area (TPSA) is 101 Å². The second-order valence-corrected chi connectivity index (χ2v) is 4.80. The van der Waals surface area contributed by atoms with Gasteiger partial charge in [0.15, 0.2) is 5.65 Å². The lowest BCUT2D eigenvalue weighted by molar-refractivity contribution is 0.251. The zero-order valence-electron chi connectivity index (χ0n) is 10.1. The van der Waals surface area contributed by atoms with Crippen molar-refractivity contribution in [2.45, 2.75) is 25.4 Å². The van der Waals surface area contributed by atoms with Crippen molar-refractivity contribution in [3.8, 4) is 0 Å². The summed E-state index contributed by atoms with van der Waals surface area (Å²) in [5, 5.41) is 16.8. The summed E-state index contributed by atoms with van der Waals surface area (Å²) in [4.78, 5) is 8.14. The second-order valence-electron chi connectivity index (χ2n) is 4.80. The molecular weight excluding hydrogens is 232 g/mol. The summed E-state index contributed by atoms with van der Waals surface area (Å²) < 4.78 is 1.54. The summed E-state index contributed by atoms with van der Waals surface area (Å²) in [7, 11) is 0. The van der Waals surface area contributed by atoms with Gasteiger partial charge in [0.05, 0.1) is 12.8 Å². The van der Waals surface area contributed by atoms with E-state index >= 15 is 0 Å². The standard InChI is InChI=1S/C11H16N6O/c1-6-2-7(4-18)16-9(6)8-3-15-17-10(8)13-5-14-11(17)12/h3,5-7,9,16,18H,2,4H2,1H3,(H2,12,13,14)/t6-,7-,9+/m0/s1. The fourth-order valence-electron chi connectivity index (χ4n) is 2.66. The number of fused-ring (bicyclic) bond motifs is 1. The Morgan fingerprint density at radius 2 is 2.39 bits per heavy atom. The molecule has 0 aromatic carbocycles. The van der Waals surface area contributed by atoms with Crippen LogP contribution in [0.1, 0.15) is 24.9 Å². The summed E-state index contributed by atoms with van der Waals surface area (Å²) in [5.41, 5.74) is 7.48. The van der Waals surface area contributed by atoms with Crippen molar-refractivity contribution in [2.75, 3.05) is 12.3 Å². The SMILES string of the molecule is C[C@H]1C[C@@H](CO)N[C@H]1c1cnn2c(N)ncnc12. The van der Waals surface area contributed by atoms with Gasteiger partial charge in [-0.1, -0.05) is 6.92 Å². The molecule has 7 heteroatoms. The number of hydrogen-bond acceptors (Lipinski definition) is 6. The van der Waals surface area contributed by atoms with Gasteiger partial charge in [0.1, 0.15) is 6.33 Å². The minimum Gasteiger partial charge on any atom is -0.395 e. The molecule has 2 aromatic heterocycles. The molecule has 3 atom stereocenters. The number of nitrogen functional groups attached to an aromatic ring is 1. The Kier molecular flexibility index (Phi) is 2.64. The largest absolute Gasteiger partial charge is 0.395 e. The molecule has 1 aliphatic rings. The first-order valence-corrected chi connectivity index (χ1v) is 6.01. The van der Waals surface area contributed by atoms with Crippen molar-refractivity contribution < 1.29 is 5.11 Å². The Hall–Kier alpha value is -1.73. The quantitative estimate of drug-likeness (QED) is 0.676. The van der Waals surface area contributed by atoms with E-state index in [1.165, 1.54) is 10.8 Å².